The van der Waals surface area contributed by atoms with Gasteiger partial charge in [-0.2, -0.15) is 0 Å². The molecule has 3 rings (SSSR count). The van der Waals surface area contributed by atoms with Crippen LogP contribution >= 0.6 is 11.6 Å². The summed E-state index contributed by atoms with van der Waals surface area (Å²) in [5.74, 6) is -1.01. The van der Waals surface area contributed by atoms with Crippen molar-refractivity contribution < 1.29 is 22.3 Å². The molecule has 2 aromatic carbocycles. The molecule has 2 N–H and O–H groups in total. The zero-order chi connectivity index (χ0) is 20.1. The van der Waals surface area contributed by atoms with Crippen LogP contribution in [0.1, 0.15) is 18.4 Å². The lowest BCUT2D eigenvalue weighted by molar-refractivity contribution is -0.115. The average Bonchev–Trinajstić information content (AvgIpc) is 3.17. The van der Waals surface area contributed by atoms with E-state index in [1.807, 2.05) is 0 Å². The minimum absolute atomic E-state index is 0.0839. The van der Waals surface area contributed by atoms with E-state index in [0.29, 0.717) is 12.3 Å². The minimum Gasteiger partial charge on any atom is -0.377 e. The zero-order valence-electron chi connectivity index (χ0n) is 15.0. The van der Waals surface area contributed by atoms with Gasteiger partial charge in [0.25, 0.3) is 0 Å². The molecule has 0 saturated carbocycles. The summed E-state index contributed by atoms with van der Waals surface area (Å²) in [5, 5.41) is 2.78. The predicted molar refractivity (Wildman–Crippen MR) is 104 cm³/mol. The number of nitrogens with one attached hydrogen (secondary N) is 2. The van der Waals surface area contributed by atoms with Crippen molar-refractivity contribution >= 4 is 33.2 Å². The maximum Gasteiger partial charge on any atom is 0.240 e. The molecule has 28 heavy (non-hydrogen) atoms. The van der Waals surface area contributed by atoms with Gasteiger partial charge in [0.15, 0.2) is 0 Å². The third-order valence-corrected chi connectivity index (χ3v) is 6.17. The standard InChI is InChI=1S/C19H20ClFN2O4S/c20-17-4-1-5-18(21)16(17)11-19(24)23-13-6-8-15(9-7-13)28(25,26)22-12-14-3-2-10-27-14/h1,4-9,14,22H,2-3,10-12H2,(H,23,24)/t14-/m0/s1. The summed E-state index contributed by atoms with van der Waals surface area (Å²) in [5.41, 5.74) is 0.509. The number of carbonyl (C=O) groups is 1. The lowest BCUT2D eigenvalue weighted by Gasteiger charge is -2.12. The number of carbonyl (C=O) groups excluding carboxylic acids is 1. The number of ether oxygens (including phenoxy) is 1. The number of rotatable bonds is 7. The number of anilines is 1. The van der Waals surface area contributed by atoms with E-state index < -0.39 is 21.7 Å². The number of sulfonamides is 1. The van der Waals surface area contributed by atoms with Gasteiger partial charge in [-0.3, -0.25) is 4.79 Å². The fourth-order valence-corrected chi connectivity index (χ4v) is 4.17. The van der Waals surface area contributed by atoms with Gasteiger partial charge in [-0.1, -0.05) is 17.7 Å². The maximum atomic E-state index is 13.8. The Bertz CT molecular complexity index is 925. The first kappa shape index (κ1) is 20.7. The molecule has 150 valence electrons. The lowest BCUT2D eigenvalue weighted by atomic mass is 10.1. The van der Waals surface area contributed by atoms with E-state index in [1.165, 1.54) is 42.5 Å². The molecule has 1 aliphatic heterocycles. The van der Waals surface area contributed by atoms with Crippen molar-refractivity contribution in [3.8, 4) is 0 Å². The van der Waals surface area contributed by atoms with Crippen LogP contribution < -0.4 is 10.0 Å². The van der Waals surface area contributed by atoms with Crippen molar-refractivity contribution in [3.63, 3.8) is 0 Å². The highest BCUT2D eigenvalue weighted by Crippen LogP contribution is 2.21. The number of benzene rings is 2. The Labute approximate surface area is 168 Å². The molecule has 0 bridgehead atoms. The molecule has 1 fully saturated rings. The van der Waals surface area contributed by atoms with Crippen LogP contribution in [0.3, 0.4) is 0 Å². The Morgan fingerprint density at radius 3 is 2.61 bits per heavy atom. The van der Waals surface area contributed by atoms with E-state index in [-0.39, 0.29) is 34.6 Å². The summed E-state index contributed by atoms with van der Waals surface area (Å²) in [6, 6.07) is 9.94. The summed E-state index contributed by atoms with van der Waals surface area (Å²) >= 11 is 5.92. The van der Waals surface area contributed by atoms with Crippen LogP contribution in [0.15, 0.2) is 47.4 Å². The van der Waals surface area contributed by atoms with E-state index >= 15 is 0 Å². The smallest absolute Gasteiger partial charge is 0.240 e. The fraction of sp³-hybridized carbons (Fsp3) is 0.316. The van der Waals surface area contributed by atoms with Gasteiger partial charge >= 0.3 is 0 Å². The van der Waals surface area contributed by atoms with Crippen LogP contribution in [-0.4, -0.2) is 33.6 Å². The Hall–Kier alpha value is -2.00. The summed E-state index contributed by atoms with van der Waals surface area (Å²) < 4.78 is 46.4. The molecule has 2 aromatic rings. The molecule has 1 amide bonds. The second-order valence-electron chi connectivity index (χ2n) is 6.44. The van der Waals surface area contributed by atoms with Crippen molar-refractivity contribution in [2.24, 2.45) is 0 Å². The van der Waals surface area contributed by atoms with Crippen molar-refractivity contribution in [1.82, 2.24) is 4.72 Å². The van der Waals surface area contributed by atoms with E-state index in [0.717, 1.165) is 12.8 Å². The van der Waals surface area contributed by atoms with Crippen molar-refractivity contribution in [2.75, 3.05) is 18.5 Å². The van der Waals surface area contributed by atoms with E-state index in [4.69, 9.17) is 16.3 Å². The van der Waals surface area contributed by atoms with Gasteiger partial charge in [-0.15, -0.1) is 0 Å². The average molecular weight is 427 g/mol. The van der Waals surface area contributed by atoms with Gasteiger partial charge in [0.05, 0.1) is 17.4 Å². The SMILES string of the molecule is O=C(Cc1c(F)cccc1Cl)Nc1ccc(S(=O)(=O)NC[C@@H]2CCCO2)cc1. The highest BCUT2D eigenvalue weighted by molar-refractivity contribution is 7.89. The molecule has 0 radical (unpaired) electrons. The van der Waals surface area contributed by atoms with Crippen LogP contribution in [0.5, 0.6) is 0 Å². The molecule has 0 aromatic heterocycles. The van der Waals surface area contributed by atoms with Gasteiger partial charge in [0.2, 0.25) is 15.9 Å². The molecular weight excluding hydrogens is 407 g/mol. The van der Waals surface area contributed by atoms with Crippen LogP contribution in [0.4, 0.5) is 10.1 Å². The predicted octanol–water partition coefficient (Wildman–Crippen LogP) is 3.12. The third kappa shape index (κ3) is 5.29. The fourth-order valence-electron chi connectivity index (χ4n) is 2.88. The molecule has 0 unspecified atom stereocenters. The number of amides is 1. The first-order valence-electron chi connectivity index (χ1n) is 8.79. The monoisotopic (exact) mass is 426 g/mol. The van der Waals surface area contributed by atoms with Gasteiger partial charge in [-0.05, 0) is 49.2 Å². The Morgan fingerprint density at radius 2 is 1.96 bits per heavy atom. The van der Waals surface area contributed by atoms with Gasteiger partial charge in [0.1, 0.15) is 5.82 Å². The normalized spacial score (nSPS) is 16.9. The molecule has 0 spiro atoms. The first-order chi connectivity index (χ1) is 13.3. The van der Waals surface area contributed by atoms with Gasteiger partial charge in [-0.25, -0.2) is 17.5 Å². The van der Waals surface area contributed by atoms with Crippen molar-refractivity contribution in [3.05, 3.63) is 58.9 Å². The number of hydrogen-bond donors (Lipinski definition) is 2. The molecule has 1 saturated heterocycles. The number of hydrogen-bond acceptors (Lipinski definition) is 4. The third-order valence-electron chi connectivity index (χ3n) is 4.37. The van der Waals surface area contributed by atoms with Crippen molar-refractivity contribution in [1.29, 1.82) is 0 Å². The first-order valence-corrected chi connectivity index (χ1v) is 10.7. The zero-order valence-corrected chi connectivity index (χ0v) is 16.5. The van der Waals surface area contributed by atoms with Crippen LogP contribution in [0.25, 0.3) is 0 Å². The Balaban J connectivity index is 1.59. The van der Waals surface area contributed by atoms with E-state index in [2.05, 4.69) is 10.0 Å². The highest BCUT2D eigenvalue weighted by Gasteiger charge is 2.20. The molecule has 1 aliphatic rings. The van der Waals surface area contributed by atoms with Gasteiger partial charge in [0, 0.05) is 29.4 Å². The second kappa shape index (κ2) is 9.00. The summed E-state index contributed by atoms with van der Waals surface area (Å²) in [7, 11) is -3.66. The van der Waals surface area contributed by atoms with Crippen LogP contribution in [0.2, 0.25) is 5.02 Å². The van der Waals surface area contributed by atoms with Crippen LogP contribution in [-0.2, 0) is 26.0 Å². The molecule has 1 atom stereocenters. The quantitative estimate of drug-likeness (QED) is 0.712. The molecule has 1 heterocycles. The molecule has 0 aliphatic carbocycles. The Morgan fingerprint density at radius 1 is 1.21 bits per heavy atom. The molecule has 9 heteroatoms. The molecule has 6 nitrogen and oxygen atoms in total. The topological polar surface area (TPSA) is 84.5 Å². The lowest BCUT2D eigenvalue weighted by Crippen LogP contribution is -2.31. The van der Waals surface area contributed by atoms with Gasteiger partial charge < -0.3 is 10.1 Å². The highest BCUT2D eigenvalue weighted by atomic mass is 35.5. The largest absolute Gasteiger partial charge is 0.377 e. The van der Waals surface area contributed by atoms with Crippen LogP contribution in [0, 0.1) is 5.82 Å². The Kier molecular flexibility index (Phi) is 6.66. The minimum atomic E-state index is -3.66. The van der Waals surface area contributed by atoms with E-state index in [9.17, 15) is 17.6 Å². The number of halogens is 2. The van der Waals surface area contributed by atoms with E-state index in [1.54, 1.807) is 0 Å². The summed E-state index contributed by atoms with van der Waals surface area (Å²) in [4.78, 5) is 12.2. The summed E-state index contributed by atoms with van der Waals surface area (Å²) in [6.45, 7) is 0.878. The van der Waals surface area contributed by atoms with Crippen molar-refractivity contribution in [2.45, 2.75) is 30.3 Å². The second-order valence-corrected chi connectivity index (χ2v) is 8.61. The maximum absolute atomic E-state index is 13.8. The molecular formula is C19H20ClFN2O4S. The summed E-state index contributed by atoms with van der Waals surface area (Å²) in [6.07, 6.45) is 1.44.